The minimum absolute atomic E-state index is 0.0192. The number of carbonyl (C=O) groups is 2. The molecule has 32 heavy (non-hydrogen) atoms. The lowest BCUT2D eigenvalue weighted by molar-refractivity contribution is -0.0498. The van der Waals surface area contributed by atoms with Crippen LogP contribution in [0.1, 0.15) is 40.0 Å². The second kappa shape index (κ2) is 10.4. The Balaban J connectivity index is 1.67. The van der Waals surface area contributed by atoms with Gasteiger partial charge in [-0.1, -0.05) is 18.0 Å². The standard InChI is InChI=1S/C21H20ClF2NO6S/c22-17-9-6-15(12-19(17)32(28,29)25-10-2-1-3-11-25)20(27)30-13-18(26)14-4-7-16(8-5-14)31-21(23)24/h4-9,12,21H,1-3,10-11,13H2. The number of nitrogens with zero attached hydrogens (tertiary/aromatic N) is 1. The van der Waals surface area contributed by atoms with Crippen molar-refractivity contribution in [3.05, 3.63) is 58.6 Å². The highest BCUT2D eigenvalue weighted by Gasteiger charge is 2.29. The molecule has 0 radical (unpaired) electrons. The molecular weight excluding hydrogens is 468 g/mol. The van der Waals surface area contributed by atoms with Gasteiger partial charge in [0.2, 0.25) is 10.0 Å². The van der Waals surface area contributed by atoms with Crippen LogP contribution in [0.3, 0.4) is 0 Å². The summed E-state index contributed by atoms with van der Waals surface area (Å²) in [6, 6.07) is 8.64. The van der Waals surface area contributed by atoms with Gasteiger partial charge in [0.1, 0.15) is 10.6 Å². The Labute approximate surface area is 188 Å². The average molecular weight is 488 g/mol. The topological polar surface area (TPSA) is 90.0 Å². The first kappa shape index (κ1) is 24.1. The maximum atomic E-state index is 12.9. The fraction of sp³-hybridized carbons (Fsp3) is 0.333. The number of hydrogen-bond acceptors (Lipinski definition) is 6. The van der Waals surface area contributed by atoms with Gasteiger partial charge in [0.15, 0.2) is 12.4 Å². The number of Topliss-reactive ketones (excluding diaryl/α,β-unsaturated/α-hetero) is 1. The number of piperidine rings is 1. The zero-order valence-corrected chi connectivity index (χ0v) is 18.4. The van der Waals surface area contributed by atoms with Crippen LogP contribution in [0.4, 0.5) is 8.78 Å². The predicted octanol–water partition coefficient (Wildman–Crippen LogP) is 4.16. The Morgan fingerprint density at radius 2 is 1.62 bits per heavy atom. The van der Waals surface area contributed by atoms with Gasteiger partial charge < -0.3 is 9.47 Å². The van der Waals surface area contributed by atoms with Gasteiger partial charge in [-0.3, -0.25) is 4.79 Å². The summed E-state index contributed by atoms with van der Waals surface area (Å²) in [6.07, 6.45) is 2.44. The number of carbonyl (C=O) groups excluding carboxylic acids is 2. The number of esters is 1. The van der Waals surface area contributed by atoms with E-state index in [2.05, 4.69) is 4.74 Å². The van der Waals surface area contributed by atoms with E-state index in [1.807, 2.05) is 0 Å². The molecular formula is C21H20ClF2NO6S. The van der Waals surface area contributed by atoms with Crippen LogP contribution in [0.15, 0.2) is 47.4 Å². The van der Waals surface area contributed by atoms with E-state index in [-0.39, 0.29) is 26.8 Å². The number of hydrogen-bond donors (Lipinski definition) is 0. The molecule has 0 bridgehead atoms. The fourth-order valence-corrected chi connectivity index (χ4v) is 5.21. The van der Waals surface area contributed by atoms with Gasteiger partial charge >= 0.3 is 12.6 Å². The second-order valence-corrected chi connectivity index (χ2v) is 9.33. The van der Waals surface area contributed by atoms with Crippen molar-refractivity contribution in [2.75, 3.05) is 19.7 Å². The first-order valence-corrected chi connectivity index (χ1v) is 11.5. The lowest BCUT2D eigenvalue weighted by Crippen LogP contribution is -2.35. The Morgan fingerprint density at radius 1 is 1.00 bits per heavy atom. The fourth-order valence-electron chi connectivity index (χ4n) is 3.19. The zero-order valence-electron chi connectivity index (χ0n) is 16.8. The summed E-state index contributed by atoms with van der Waals surface area (Å²) in [5.74, 6) is -1.59. The summed E-state index contributed by atoms with van der Waals surface area (Å²) in [5.41, 5.74) is 0.0577. The number of sulfonamides is 1. The highest BCUT2D eigenvalue weighted by molar-refractivity contribution is 7.89. The second-order valence-electron chi connectivity index (χ2n) is 7.01. The van der Waals surface area contributed by atoms with Gasteiger partial charge in [-0.15, -0.1) is 0 Å². The lowest BCUT2D eigenvalue weighted by atomic mass is 10.1. The van der Waals surface area contributed by atoms with Crippen LogP contribution in [-0.2, 0) is 14.8 Å². The summed E-state index contributed by atoms with van der Waals surface area (Å²) in [7, 11) is -3.87. The lowest BCUT2D eigenvalue weighted by Gasteiger charge is -2.26. The molecule has 2 aromatic rings. The Kier molecular flexibility index (Phi) is 7.81. The summed E-state index contributed by atoms with van der Waals surface area (Å²) in [5, 5.41) is -0.0192. The first-order valence-electron chi connectivity index (χ1n) is 9.73. The summed E-state index contributed by atoms with van der Waals surface area (Å²) < 4.78 is 60.7. The van der Waals surface area contributed by atoms with Crippen LogP contribution in [0, 0.1) is 0 Å². The van der Waals surface area contributed by atoms with Crippen molar-refractivity contribution in [2.45, 2.75) is 30.8 Å². The minimum atomic E-state index is -3.87. The van der Waals surface area contributed by atoms with Crippen LogP contribution >= 0.6 is 11.6 Å². The highest BCUT2D eigenvalue weighted by Crippen LogP contribution is 2.28. The number of rotatable bonds is 8. The SMILES string of the molecule is O=C(COC(=O)c1ccc(Cl)c(S(=O)(=O)N2CCCCC2)c1)c1ccc(OC(F)F)cc1. The molecule has 1 saturated heterocycles. The van der Waals surface area contributed by atoms with Gasteiger partial charge in [-0.2, -0.15) is 13.1 Å². The van der Waals surface area contributed by atoms with Crippen molar-refractivity contribution in [1.29, 1.82) is 0 Å². The van der Waals surface area contributed by atoms with Gasteiger partial charge in [0, 0.05) is 18.7 Å². The van der Waals surface area contributed by atoms with Crippen molar-refractivity contribution < 1.29 is 36.3 Å². The molecule has 0 amide bonds. The first-order chi connectivity index (χ1) is 15.2. The largest absolute Gasteiger partial charge is 0.454 e. The molecule has 1 fully saturated rings. The summed E-state index contributed by atoms with van der Waals surface area (Å²) >= 11 is 6.09. The van der Waals surface area contributed by atoms with Gasteiger partial charge in [-0.25, -0.2) is 13.2 Å². The van der Waals surface area contributed by atoms with Crippen LogP contribution in [0.25, 0.3) is 0 Å². The number of benzene rings is 2. The Bertz CT molecular complexity index is 1090. The van der Waals surface area contributed by atoms with Crippen LogP contribution in [0.2, 0.25) is 5.02 Å². The van der Waals surface area contributed by atoms with Crippen LogP contribution in [-0.4, -0.2) is 50.8 Å². The van der Waals surface area contributed by atoms with Gasteiger partial charge in [0.25, 0.3) is 0 Å². The van der Waals surface area contributed by atoms with Gasteiger partial charge in [-0.05, 0) is 55.3 Å². The molecule has 7 nitrogen and oxygen atoms in total. The van der Waals surface area contributed by atoms with E-state index < -0.39 is 35.0 Å². The van der Waals surface area contributed by atoms with E-state index in [4.69, 9.17) is 16.3 Å². The van der Waals surface area contributed by atoms with Crippen LogP contribution in [0.5, 0.6) is 5.75 Å². The third-order valence-corrected chi connectivity index (χ3v) is 7.22. The third-order valence-electron chi connectivity index (χ3n) is 4.84. The quantitative estimate of drug-likeness (QED) is 0.410. The molecule has 3 rings (SSSR count). The minimum Gasteiger partial charge on any atom is -0.454 e. The number of ketones is 1. The Morgan fingerprint density at radius 3 is 2.25 bits per heavy atom. The van der Waals surface area contributed by atoms with Crippen molar-refractivity contribution >= 4 is 33.4 Å². The molecule has 1 heterocycles. The molecule has 2 aromatic carbocycles. The molecule has 0 spiro atoms. The number of ether oxygens (including phenoxy) is 2. The van der Waals surface area contributed by atoms with E-state index >= 15 is 0 Å². The summed E-state index contributed by atoms with van der Waals surface area (Å²) in [6.45, 7) is -2.85. The molecule has 1 aliphatic rings. The molecule has 0 atom stereocenters. The van der Waals surface area contributed by atoms with Crippen molar-refractivity contribution in [1.82, 2.24) is 4.31 Å². The van der Waals surface area contributed by atoms with E-state index in [9.17, 15) is 26.8 Å². The van der Waals surface area contributed by atoms with Gasteiger partial charge in [0.05, 0.1) is 10.6 Å². The highest BCUT2D eigenvalue weighted by atomic mass is 35.5. The Hall–Kier alpha value is -2.56. The molecule has 0 N–H and O–H groups in total. The molecule has 0 aromatic heterocycles. The molecule has 11 heteroatoms. The van der Waals surface area contributed by atoms with E-state index in [0.717, 1.165) is 25.3 Å². The molecule has 0 saturated carbocycles. The maximum Gasteiger partial charge on any atom is 0.387 e. The normalized spacial score (nSPS) is 14.9. The number of halogens is 3. The van der Waals surface area contributed by atoms with E-state index in [0.29, 0.717) is 13.1 Å². The maximum absolute atomic E-state index is 12.9. The van der Waals surface area contributed by atoms with E-state index in [1.54, 1.807) is 0 Å². The molecule has 0 unspecified atom stereocenters. The monoisotopic (exact) mass is 487 g/mol. The van der Waals surface area contributed by atoms with Crippen molar-refractivity contribution in [3.8, 4) is 5.75 Å². The zero-order chi connectivity index (χ0) is 23.3. The predicted molar refractivity (Wildman–Crippen MR) is 112 cm³/mol. The average Bonchev–Trinajstić information content (AvgIpc) is 2.78. The van der Waals surface area contributed by atoms with Crippen LogP contribution < -0.4 is 4.74 Å². The van der Waals surface area contributed by atoms with Crippen molar-refractivity contribution in [3.63, 3.8) is 0 Å². The summed E-state index contributed by atoms with van der Waals surface area (Å²) in [4.78, 5) is 24.4. The number of alkyl halides is 2. The van der Waals surface area contributed by atoms with E-state index in [1.165, 1.54) is 40.7 Å². The smallest absolute Gasteiger partial charge is 0.387 e. The van der Waals surface area contributed by atoms with Crippen molar-refractivity contribution in [2.24, 2.45) is 0 Å². The molecule has 172 valence electrons. The molecule has 1 aliphatic heterocycles. The molecule has 0 aliphatic carbocycles. The third kappa shape index (κ3) is 5.81.